The minimum Gasteiger partial charge on any atom is -0.507 e. The number of carbonyl (C=O) groups excluding carboxylic acids is 2. The Morgan fingerprint density at radius 3 is 2.49 bits per heavy atom. The molecule has 4 aromatic rings. The van der Waals surface area contributed by atoms with Gasteiger partial charge in [0.1, 0.15) is 35.7 Å². The third-order valence-electron chi connectivity index (χ3n) is 6.79. The molecule has 39 heavy (non-hydrogen) atoms. The van der Waals surface area contributed by atoms with E-state index >= 15 is 0 Å². The number of ether oxygens (including phenoxy) is 3. The number of amides is 1. The number of furan rings is 1. The lowest BCUT2D eigenvalue weighted by Gasteiger charge is -2.23. The second-order valence-electron chi connectivity index (χ2n) is 9.41. The predicted octanol–water partition coefficient (Wildman–Crippen LogP) is 5.83. The molecule has 6 rings (SSSR count). The van der Waals surface area contributed by atoms with Crippen molar-refractivity contribution in [3.05, 3.63) is 113 Å². The Balaban J connectivity index is 1.39. The Labute approximate surface area is 224 Å². The van der Waals surface area contributed by atoms with Crippen molar-refractivity contribution in [1.29, 1.82) is 0 Å². The highest BCUT2D eigenvalue weighted by Gasteiger charge is 2.48. The maximum absolute atomic E-state index is 13.4. The zero-order valence-electron chi connectivity index (χ0n) is 21.3. The molecule has 0 bridgehead atoms. The minimum atomic E-state index is -0.978. The number of hydrogen-bond donors (Lipinski definition) is 1. The first-order valence-electron chi connectivity index (χ1n) is 12.5. The lowest BCUT2D eigenvalue weighted by atomic mass is 9.98. The molecule has 2 aliphatic heterocycles. The summed E-state index contributed by atoms with van der Waals surface area (Å²) >= 11 is 0. The number of fused-ring (bicyclic) bond motifs is 1. The van der Waals surface area contributed by atoms with Gasteiger partial charge in [0, 0.05) is 17.3 Å². The summed E-state index contributed by atoms with van der Waals surface area (Å²) in [6, 6.07) is 22.4. The van der Waals surface area contributed by atoms with Crippen LogP contribution in [-0.2, 0) is 16.2 Å². The van der Waals surface area contributed by atoms with Gasteiger partial charge in [-0.1, -0.05) is 30.3 Å². The minimum absolute atomic E-state index is 0.0654. The first kappa shape index (κ1) is 24.4. The number of aliphatic hydroxyl groups excluding tert-OH is 1. The van der Waals surface area contributed by atoms with Crippen molar-refractivity contribution < 1.29 is 33.3 Å². The van der Waals surface area contributed by atoms with Crippen molar-refractivity contribution in [3.63, 3.8) is 0 Å². The number of hydrogen-bond acceptors (Lipinski definition) is 7. The average molecular weight is 524 g/mol. The lowest BCUT2D eigenvalue weighted by Crippen LogP contribution is -2.29. The summed E-state index contributed by atoms with van der Waals surface area (Å²) in [6.45, 7) is 4.10. The Morgan fingerprint density at radius 1 is 0.949 bits per heavy atom. The normalized spacial score (nSPS) is 17.6. The van der Waals surface area contributed by atoms with Gasteiger partial charge in [0.15, 0.2) is 11.5 Å². The summed E-state index contributed by atoms with van der Waals surface area (Å²) in [4.78, 5) is 28.1. The van der Waals surface area contributed by atoms with E-state index in [0.717, 1.165) is 11.1 Å². The number of aliphatic hydroxyl groups is 1. The molecule has 2 aliphatic rings. The van der Waals surface area contributed by atoms with Crippen molar-refractivity contribution >= 4 is 23.1 Å². The van der Waals surface area contributed by atoms with Crippen LogP contribution < -0.4 is 19.1 Å². The largest absolute Gasteiger partial charge is 0.507 e. The number of carbonyl (C=O) groups is 2. The van der Waals surface area contributed by atoms with Crippen LogP contribution in [0.15, 0.2) is 88.9 Å². The Kier molecular flexibility index (Phi) is 6.07. The van der Waals surface area contributed by atoms with Crippen LogP contribution in [0.1, 0.15) is 34.3 Å². The molecule has 8 nitrogen and oxygen atoms in total. The zero-order valence-corrected chi connectivity index (χ0v) is 21.3. The monoisotopic (exact) mass is 523 g/mol. The molecule has 3 heterocycles. The van der Waals surface area contributed by atoms with Crippen LogP contribution in [0, 0.1) is 13.8 Å². The number of benzene rings is 3. The topological polar surface area (TPSA) is 98.4 Å². The number of anilines is 1. The van der Waals surface area contributed by atoms with E-state index < -0.39 is 17.7 Å². The third-order valence-corrected chi connectivity index (χ3v) is 6.79. The van der Waals surface area contributed by atoms with E-state index in [1.807, 2.05) is 37.3 Å². The van der Waals surface area contributed by atoms with E-state index in [1.54, 1.807) is 55.5 Å². The Morgan fingerprint density at radius 2 is 1.74 bits per heavy atom. The van der Waals surface area contributed by atoms with Gasteiger partial charge in [0.2, 0.25) is 6.79 Å². The van der Waals surface area contributed by atoms with Crippen molar-refractivity contribution in [2.24, 2.45) is 0 Å². The molecular formula is C31H25NO7. The van der Waals surface area contributed by atoms with Gasteiger partial charge in [-0.25, -0.2) is 0 Å². The van der Waals surface area contributed by atoms with Crippen LogP contribution in [0.5, 0.6) is 17.2 Å². The Hall–Kier alpha value is -4.98. The molecule has 1 amide bonds. The first-order chi connectivity index (χ1) is 18.9. The quantitative estimate of drug-likeness (QED) is 0.193. The van der Waals surface area contributed by atoms with E-state index in [-0.39, 0.29) is 18.1 Å². The number of rotatable bonds is 6. The molecule has 1 N–H and O–H groups in total. The zero-order chi connectivity index (χ0) is 27.1. The van der Waals surface area contributed by atoms with Crippen molar-refractivity contribution in [1.82, 2.24) is 0 Å². The molecule has 3 aromatic carbocycles. The first-order valence-corrected chi connectivity index (χ1v) is 12.5. The molecule has 8 heteroatoms. The van der Waals surface area contributed by atoms with Crippen molar-refractivity contribution in [3.8, 4) is 17.2 Å². The highest BCUT2D eigenvalue weighted by Crippen LogP contribution is 2.45. The maximum atomic E-state index is 13.4. The molecule has 1 aromatic heterocycles. The molecule has 0 saturated carbocycles. The second kappa shape index (κ2) is 9.72. The fourth-order valence-corrected chi connectivity index (χ4v) is 4.85. The van der Waals surface area contributed by atoms with E-state index in [4.69, 9.17) is 18.6 Å². The predicted molar refractivity (Wildman–Crippen MR) is 143 cm³/mol. The van der Waals surface area contributed by atoms with Crippen molar-refractivity contribution in [2.75, 3.05) is 11.7 Å². The molecule has 196 valence electrons. The number of ketones is 1. The summed E-state index contributed by atoms with van der Waals surface area (Å²) in [6.07, 6.45) is 0. The molecule has 0 aliphatic carbocycles. The molecule has 1 fully saturated rings. The van der Waals surface area contributed by atoms with Gasteiger partial charge in [0.05, 0.1) is 5.57 Å². The van der Waals surface area contributed by atoms with E-state index in [0.29, 0.717) is 46.6 Å². The van der Waals surface area contributed by atoms with Crippen LogP contribution >= 0.6 is 0 Å². The number of Topliss-reactive ketones (excluding diaryl/α,β-unsaturated/α-hetero) is 1. The molecule has 1 unspecified atom stereocenters. The van der Waals surface area contributed by atoms with Gasteiger partial charge in [-0.2, -0.15) is 0 Å². The van der Waals surface area contributed by atoms with Crippen LogP contribution in [0.4, 0.5) is 5.69 Å². The number of aryl methyl sites for hydroxylation is 2. The van der Waals surface area contributed by atoms with Gasteiger partial charge >= 0.3 is 0 Å². The summed E-state index contributed by atoms with van der Waals surface area (Å²) in [5, 5.41) is 11.4. The average Bonchev–Trinajstić information content (AvgIpc) is 3.66. The van der Waals surface area contributed by atoms with Gasteiger partial charge in [-0.3, -0.25) is 14.5 Å². The fourth-order valence-electron chi connectivity index (χ4n) is 4.85. The van der Waals surface area contributed by atoms with Crippen LogP contribution in [0.25, 0.3) is 5.76 Å². The van der Waals surface area contributed by atoms with Crippen LogP contribution in [0.2, 0.25) is 0 Å². The highest BCUT2D eigenvalue weighted by molar-refractivity contribution is 6.51. The summed E-state index contributed by atoms with van der Waals surface area (Å²) in [7, 11) is 0. The molecule has 0 spiro atoms. The van der Waals surface area contributed by atoms with Gasteiger partial charge in [-0.05, 0) is 67.4 Å². The maximum Gasteiger partial charge on any atom is 0.300 e. The van der Waals surface area contributed by atoms with E-state index in [1.165, 1.54) is 4.90 Å². The molecular weight excluding hydrogens is 498 g/mol. The molecule has 1 saturated heterocycles. The Bertz CT molecular complexity index is 1620. The summed E-state index contributed by atoms with van der Waals surface area (Å²) in [5.41, 5.74) is 2.53. The van der Waals surface area contributed by atoms with Gasteiger partial charge < -0.3 is 23.7 Å². The molecule has 0 radical (unpaired) electrons. The number of nitrogens with zero attached hydrogens (tertiary/aromatic N) is 1. The van der Waals surface area contributed by atoms with Gasteiger partial charge in [-0.15, -0.1) is 0 Å². The molecule has 1 atom stereocenters. The van der Waals surface area contributed by atoms with E-state index in [9.17, 15) is 14.7 Å². The SMILES string of the molecule is Cc1ccc(C2/C(=C(/O)c3ccc(OCc4ccccc4)c(C)c3)C(=O)C(=O)N2c2ccc3c(c2)OCO3)o1. The smallest absolute Gasteiger partial charge is 0.300 e. The van der Waals surface area contributed by atoms with Gasteiger partial charge in [0.25, 0.3) is 11.7 Å². The van der Waals surface area contributed by atoms with E-state index in [2.05, 4.69) is 0 Å². The highest BCUT2D eigenvalue weighted by atomic mass is 16.7. The van der Waals surface area contributed by atoms with Crippen molar-refractivity contribution in [2.45, 2.75) is 26.5 Å². The third kappa shape index (κ3) is 4.40. The van der Waals surface area contributed by atoms with Crippen LogP contribution in [-0.4, -0.2) is 23.6 Å². The lowest BCUT2D eigenvalue weighted by molar-refractivity contribution is -0.132. The summed E-state index contributed by atoms with van der Waals surface area (Å²) < 4.78 is 22.7. The van der Waals surface area contributed by atoms with Crippen LogP contribution in [0.3, 0.4) is 0 Å². The standard InChI is InChI=1S/C31H25NO7/c1-18-14-21(9-12-23(18)36-16-20-6-4-3-5-7-20)29(33)27-28(25-11-8-19(2)39-25)32(31(35)30(27)34)22-10-13-24-26(15-22)38-17-37-24/h3-15,28,33H,16-17H2,1-2H3/b29-27-. The second-order valence-corrected chi connectivity index (χ2v) is 9.41. The fraction of sp³-hybridized carbons (Fsp3) is 0.161. The summed E-state index contributed by atoms with van der Waals surface area (Å²) in [5.74, 6) is 0.724.